The van der Waals surface area contributed by atoms with Crippen molar-refractivity contribution in [2.75, 3.05) is 33.1 Å². The molecule has 0 spiro atoms. The lowest BCUT2D eigenvalue weighted by Gasteiger charge is -2.36. The Morgan fingerprint density at radius 3 is 2.67 bits per heavy atom. The van der Waals surface area contributed by atoms with E-state index in [-0.39, 0.29) is 29.9 Å². The molecule has 0 bridgehead atoms. The maximum atomic E-state index is 12.9. The van der Waals surface area contributed by atoms with Crippen LogP contribution in [0.3, 0.4) is 0 Å². The van der Waals surface area contributed by atoms with Gasteiger partial charge in [0.1, 0.15) is 17.3 Å². The van der Waals surface area contributed by atoms with Crippen molar-refractivity contribution in [3.63, 3.8) is 0 Å². The standard InChI is InChI=1S/C29H45N7O3/c1-7-22(14-15-31-4)34-29(38)21-12-13-24(26(17-21)39-6)32-20(3)33-28-25(18-30)35(5)27(37)16-19(2)36(28)23-10-8-9-11-23/h12-13,17-19,22-23,31-32H,3,7-11,14-16,30H2,1-2,4-6H3,(H,34,38)/b25-18+,33-28?. The third-order valence-corrected chi connectivity index (χ3v) is 7.58. The minimum absolute atomic E-state index is 0.00206. The molecule has 1 aromatic rings. The molecule has 1 saturated carbocycles. The number of benzene rings is 1. The molecule has 10 nitrogen and oxygen atoms in total. The number of carbonyl (C=O) groups is 2. The van der Waals surface area contributed by atoms with Crippen LogP contribution in [0.1, 0.15) is 69.2 Å². The Balaban J connectivity index is 1.86. The highest BCUT2D eigenvalue weighted by Gasteiger charge is 2.37. The molecule has 10 heteroatoms. The van der Waals surface area contributed by atoms with E-state index in [0.29, 0.717) is 40.8 Å². The molecule has 1 heterocycles. The largest absolute Gasteiger partial charge is 0.495 e. The molecule has 2 fully saturated rings. The molecule has 1 aromatic carbocycles. The number of rotatable bonds is 11. The van der Waals surface area contributed by atoms with Crippen LogP contribution in [0.5, 0.6) is 5.75 Å². The first kappa shape index (κ1) is 30.0. The Hall–Kier alpha value is -3.53. The predicted molar refractivity (Wildman–Crippen MR) is 156 cm³/mol. The van der Waals surface area contributed by atoms with Crippen LogP contribution in [0.15, 0.2) is 47.5 Å². The average Bonchev–Trinajstić information content (AvgIpc) is 3.43. The first-order chi connectivity index (χ1) is 18.7. The summed E-state index contributed by atoms with van der Waals surface area (Å²) in [7, 11) is 5.19. The number of nitrogens with one attached hydrogen (secondary N) is 3. The van der Waals surface area contributed by atoms with E-state index in [0.717, 1.165) is 45.1 Å². The van der Waals surface area contributed by atoms with Crippen molar-refractivity contribution in [2.45, 2.75) is 76.9 Å². The van der Waals surface area contributed by atoms with Gasteiger partial charge in [-0.15, -0.1) is 0 Å². The summed E-state index contributed by atoms with van der Waals surface area (Å²) in [6.45, 7) is 9.10. The summed E-state index contributed by atoms with van der Waals surface area (Å²) < 4.78 is 5.60. The quantitative estimate of drug-likeness (QED) is 0.340. The maximum absolute atomic E-state index is 12.9. The number of nitrogens with two attached hydrogens (primary N) is 1. The van der Waals surface area contributed by atoms with E-state index in [2.05, 4.69) is 41.3 Å². The smallest absolute Gasteiger partial charge is 0.251 e. The first-order valence-electron chi connectivity index (χ1n) is 13.9. The Labute approximate surface area is 232 Å². The van der Waals surface area contributed by atoms with Crippen LogP contribution < -0.4 is 26.4 Å². The zero-order chi connectivity index (χ0) is 28.5. The van der Waals surface area contributed by atoms with Gasteiger partial charge in [0, 0.05) is 43.4 Å². The highest BCUT2D eigenvalue weighted by atomic mass is 16.5. The first-order valence-corrected chi connectivity index (χ1v) is 13.9. The van der Waals surface area contributed by atoms with Crippen molar-refractivity contribution in [2.24, 2.45) is 10.7 Å². The fourth-order valence-electron chi connectivity index (χ4n) is 5.34. The van der Waals surface area contributed by atoms with Gasteiger partial charge in [-0.2, -0.15) is 0 Å². The number of carbonyl (C=O) groups excluding carboxylic acids is 2. The van der Waals surface area contributed by atoms with E-state index in [4.69, 9.17) is 15.5 Å². The summed E-state index contributed by atoms with van der Waals surface area (Å²) in [5, 5.41) is 9.44. The molecule has 0 radical (unpaired) electrons. The van der Waals surface area contributed by atoms with Crippen LogP contribution in [0, 0.1) is 0 Å². The van der Waals surface area contributed by atoms with Gasteiger partial charge in [0.2, 0.25) is 5.91 Å². The van der Waals surface area contributed by atoms with Gasteiger partial charge < -0.3 is 36.2 Å². The number of amides is 2. The number of likely N-dealkylation sites (N-methyl/N-ethyl adjacent to an activating group) is 1. The fourth-order valence-corrected chi connectivity index (χ4v) is 5.34. The second-order valence-electron chi connectivity index (χ2n) is 10.3. The summed E-state index contributed by atoms with van der Waals surface area (Å²) in [6, 6.07) is 5.59. The van der Waals surface area contributed by atoms with Crippen molar-refractivity contribution in [1.82, 2.24) is 20.4 Å². The van der Waals surface area contributed by atoms with Gasteiger partial charge in [0.25, 0.3) is 5.91 Å². The van der Waals surface area contributed by atoms with Crippen LogP contribution in [-0.4, -0.2) is 73.3 Å². The summed E-state index contributed by atoms with van der Waals surface area (Å²) in [5.41, 5.74) is 7.73. The number of amidine groups is 1. The molecule has 2 aliphatic rings. The van der Waals surface area contributed by atoms with Crippen molar-refractivity contribution in [1.29, 1.82) is 0 Å². The van der Waals surface area contributed by atoms with Crippen LogP contribution in [0.25, 0.3) is 0 Å². The molecule has 2 amide bonds. The number of hydrogen-bond donors (Lipinski definition) is 4. The third-order valence-electron chi connectivity index (χ3n) is 7.58. The third kappa shape index (κ3) is 7.32. The summed E-state index contributed by atoms with van der Waals surface area (Å²) in [4.78, 5) is 34.4. The van der Waals surface area contributed by atoms with E-state index in [9.17, 15) is 9.59 Å². The van der Waals surface area contributed by atoms with Crippen LogP contribution in [-0.2, 0) is 4.79 Å². The molecule has 1 aliphatic carbocycles. The summed E-state index contributed by atoms with van der Waals surface area (Å²) >= 11 is 0. The van der Waals surface area contributed by atoms with Gasteiger partial charge >= 0.3 is 0 Å². The normalized spacial score (nSPS) is 21.3. The summed E-state index contributed by atoms with van der Waals surface area (Å²) in [6.07, 6.45) is 7.92. The molecule has 39 heavy (non-hydrogen) atoms. The topological polar surface area (TPSA) is 124 Å². The fraction of sp³-hybridized carbons (Fsp3) is 0.552. The van der Waals surface area contributed by atoms with Gasteiger partial charge in [-0.1, -0.05) is 26.3 Å². The lowest BCUT2D eigenvalue weighted by atomic mass is 10.1. The van der Waals surface area contributed by atoms with Crippen molar-refractivity contribution in [3.8, 4) is 5.75 Å². The van der Waals surface area contributed by atoms with E-state index in [1.165, 1.54) is 6.20 Å². The molecular formula is C29H45N7O3. The molecule has 214 valence electrons. The number of methoxy groups -OCH3 is 1. The van der Waals surface area contributed by atoms with Gasteiger partial charge in [-0.3, -0.25) is 9.59 Å². The monoisotopic (exact) mass is 539 g/mol. The Bertz CT molecular complexity index is 1090. The Morgan fingerprint density at radius 1 is 1.33 bits per heavy atom. The zero-order valence-corrected chi connectivity index (χ0v) is 24.0. The zero-order valence-electron chi connectivity index (χ0n) is 24.0. The van der Waals surface area contributed by atoms with Gasteiger partial charge in [0.05, 0.1) is 12.8 Å². The minimum atomic E-state index is -0.146. The number of hydrogen-bond acceptors (Lipinski definition) is 7. The molecule has 1 aliphatic heterocycles. The van der Waals surface area contributed by atoms with E-state index in [1.807, 2.05) is 7.05 Å². The minimum Gasteiger partial charge on any atom is -0.495 e. The SMILES string of the molecule is C=C(N=C1/C(=C\N)N(C)C(=O)CC(C)N1C1CCCC1)Nc1ccc(C(=O)NC(CC)CCNC)cc1OC. The molecule has 0 aromatic heterocycles. The molecule has 2 unspecified atom stereocenters. The average molecular weight is 540 g/mol. The van der Waals surface area contributed by atoms with Crippen molar-refractivity contribution in [3.05, 3.63) is 48.1 Å². The van der Waals surface area contributed by atoms with Crippen molar-refractivity contribution >= 4 is 23.3 Å². The van der Waals surface area contributed by atoms with E-state index >= 15 is 0 Å². The van der Waals surface area contributed by atoms with Crippen LogP contribution in [0.2, 0.25) is 0 Å². The molecular weight excluding hydrogens is 494 g/mol. The van der Waals surface area contributed by atoms with Crippen LogP contribution >= 0.6 is 0 Å². The highest BCUT2D eigenvalue weighted by Crippen LogP contribution is 2.32. The summed E-state index contributed by atoms with van der Waals surface area (Å²) in [5.74, 6) is 1.35. The molecule has 2 atom stereocenters. The van der Waals surface area contributed by atoms with Gasteiger partial charge in [0.15, 0.2) is 5.84 Å². The second kappa shape index (κ2) is 14.0. The molecule has 5 N–H and O–H groups in total. The Kier molecular flexibility index (Phi) is 10.8. The predicted octanol–water partition coefficient (Wildman–Crippen LogP) is 3.39. The highest BCUT2D eigenvalue weighted by molar-refractivity contribution is 6.03. The number of aliphatic imine (C=N–C) groups is 1. The number of ether oxygens (including phenoxy) is 1. The maximum Gasteiger partial charge on any atom is 0.251 e. The van der Waals surface area contributed by atoms with Gasteiger partial charge in [-0.25, -0.2) is 4.99 Å². The second-order valence-corrected chi connectivity index (χ2v) is 10.3. The van der Waals surface area contributed by atoms with E-state index in [1.54, 1.807) is 37.3 Å². The van der Waals surface area contributed by atoms with E-state index < -0.39 is 0 Å². The van der Waals surface area contributed by atoms with Crippen molar-refractivity contribution < 1.29 is 14.3 Å². The number of nitrogens with zero attached hydrogens (tertiary/aromatic N) is 3. The molecule has 1 saturated heterocycles. The Morgan fingerprint density at radius 2 is 2.05 bits per heavy atom. The number of anilines is 1. The van der Waals surface area contributed by atoms with Crippen LogP contribution in [0.4, 0.5) is 5.69 Å². The lowest BCUT2D eigenvalue weighted by Crippen LogP contribution is -2.45. The molecule has 3 rings (SSSR count). The lowest BCUT2D eigenvalue weighted by molar-refractivity contribution is -0.128. The van der Waals surface area contributed by atoms with Gasteiger partial charge in [-0.05, 0) is 64.4 Å².